The number of amides is 3. The van der Waals surface area contributed by atoms with E-state index >= 15 is 0 Å². The van der Waals surface area contributed by atoms with Crippen molar-refractivity contribution in [1.29, 1.82) is 0 Å². The number of rotatable bonds is 7. The van der Waals surface area contributed by atoms with Crippen LogP contribution < -0.4 is 21.8 Å². The molecule has 1 saturated carbocycles. The van der Waals surface area contributed by atoms with Crippen molar-refractivity contribution in [2.75, 3.05) is 24.7 Å². The fraction of sp³-hybridized carbons (Fsp3) is 0.381. The molecular formula is C21H27N5O3. The third kappa shape index (κ3) is 5.68. The first-order valence-corrected chi connectivity index (χ1v) is 9.80. The van der Waals surface area contributed by atoms with Gasteiger partial charge in [-0.3, -0.25) is 14.9 Å². The molecule has 0 radical (unpaired) electrons. The van der Waals surface area contributed by atoms with Crippen LogP contribution >= 0.6 is 0 Å². The second-order valence-electron chi connectivity index (χ2n) is 7.20. The Hall–Kier alpha value is -3.13. The Morgan fingerprint density at radius 3 is 2.79 bits per heavy atom. The first-order chi connectivity index (χ1) is 14.1. The highest BCUT2D eigenvalue weighted by Gasteiger charge is 2.18. The molecule has 0 saturated heterocycles. The Bertz CT molecular complexity index is 865. The molecule has 3 amide bonds. The number of hydrogen-bond acceptors (Lipinski definition) is 5. The van der Waals surface area contributed by atoms with Crippen LogP contribution in [0, 0.1) is 5.92 Å². The van der Waals surface area contributed by atoms with E-state index in [2.05, 4.69) is 21.1 Å². The number of hydroxylamine groups is 1. The third-order valence-corrected chi connectivity index (χ3v) is 5.09. The highest BCUT2D eigenvalue weighted by Crippen LogP contribution is 2.25. The molecule has 3 rings (SSSR count). The van der Waals surface area contributed by atoms with Crippen LogP contribution in [0.5, 0.6) is 0 Å². The Kier molecular flexibility index (Phi) is 7.02. The standard InChI is InChI=1S/C21H27N5O3/c1-23-21(28)25-19-12-15(9-10-24-19)11-17-16(7-4-8-18(17)22)20(27)26-29-13-14-5-2-3-6-14/h4,7-10,12,14H,2-3,5-6,11,13,22H2,1H3,(H,26,27)(H2,23,24,25,28). The molecule has 1 aliphatic rings. The third-order valence-electron chi connectivity index (χ3n) is 5.09. The van der Waals surface area contributed by atoms with E-state index in [0.717, 1.165) is 18.4 Å². The van der Waals surface area contributed by atoms with E-state index in [0.29, 0.717) is 41.6 Å². The van der Waals surface area contributed by atoms with Gasteiger partial charge in [0.15, 0.2) is 0 Å². The van der Waals surface area contributed by atoms with Crippen molar-refractivity contribution in [3.05, 3.63) is 53.2 Å². The summed E-state index contributed by atoms with van der Waals surface area (Å²) in [7, 11) is 1.53. The van der Waals surface area contributed by atoms with Gasteiger partial charge in [0.25, 0.3) is 5.91 Å². The van der Waals surface area contributed by atoms with E-state index < -0.39 is 0 Å². The molecule has 1 heterocycles. The summed E-state index contributed by atoms with van der Waals surface area (Å²) in [5, 5.41) is 5.11. The van der Waals surface area contributed by atoms with Crippen LogP contribution in [0.3, 0.4) is 0 Å². The lowest BCUT2D eigenvalue weighted by molar-refractivity contribution is 0.0171. The SMILES string of the molecule is CNC(=O)Nc1cc(Cc2c(N)cccc2C(=O)NOCC2CCCC2)ccn1. The fourth-order valence-electron chi connectivity index (χ4n) is 3.51. The summed E-state index contributed by atoms with van der Waals surface area (Å²) in [6.07, 6.45) is 6.77. The van der Waals surface area contributed by atoms with Crippen molar-refractivity contribution >= 4 is 23.4 Å². The van der Waals surface area contributed by atoms with Crippen molar-refractivity contribution in [1.82, 2.24) is 15.8 Å². The zero-order valence-electron chi connectivity index (χ0n) is 16.5. The van der Waals surface area contributed by atoms with E-state index in [1.165, 1.54) is 19.9 Å². The lowest BCUT2D eigenvalue weighted by atomic mass is 9.98. The monoisotopic (exact) mass is 397 g/mol. The average Bonchev–Trinajstić information content (AvgIpc) is 3.23. The zero-order chi connectivity index (χ0) is 20.6. The van der Waals surface area contributed by atoms with E-state index in [-0.39, 0.29) is 11.9 Å². The topological polar surface area (TPSA) is 118 Å². The number of carbonyl (C=O) groups excluding carboxylic acids is 2. The lowest BCUT2D eigenvalue weighted by Gasteiger charge is -2.14. The second kappa shape index (κ2) is 9.88. The number of pyridine rings is 1. The van der Waals surface area contributed by atoms with Crippen LogP contribution in [-0.4, -0.2) is 30.6 Å². The normalized spacial score (nSPS) is 13.8. The Morgan fingerprint density at radius 2 is 2.03 bits per heavy atom. The van der Waals surface area contributed by atoms with E-state index in [1.54, 1.807) is 30.5 Å². The summed E-state index contributed by atoms with van der Waals surface area (Å²) < 4.78 is 0. The quantitative estimate of drug-likeness (QED) is 0.423. The number of nitrogens with two attached hydrogens (primary N) is 1. The fourth-order valence-corrected chi connectivity index (χ4v) is 3.51. The smallest absolute Gasteiger partial charge is 0.320 e. The van der Waals surface area contributed by atoms with Crippen molar-refractivity contribution in [2.24, 2.45) is 5.92 Å². The van der Waals surface area contributed by atoms with E-state index in [9.17, 15) is 9.59 Å². The van der Waals surface area contributed by atoms with Crippen LogP contribution in [0.2, 0.25) is 0 Å². The Balaban J connectivity index is 1.70. The molecule has 0 atom stereocenters. The molecule has 8 nitrogen and oxygen atoms in total. The van der Waals surface area contributed by atoms with Gasteiger partial charge in [0.1, 0.15) is 5.82 Å². The van der Waals surface area contributed by atoms with Crippen molar-refractivity contribution < 1.29 is 14.4 Å². The summed E-state index contributed by atoms with van der Waals surface area (Å²) in [6, 6.07) is 8.45. The average molecular weight is 397 g/mol. The van der Waals surface area contributed by atoms with Crippen LogP contribution in [0.1, 0.15) is 47.2 Å². The summed E-state index contributed by atoms with van der Waals surface area (Å²) in [4.78, 5) is 33.7. The number of hydrogen-bond donors (Lipinski definition) is 4. The van der Waals surface area contributed by atoms with Crippen molar-refractivity contribution in [2.45, 2.75) is 32.1 Å². The molecule has 1 aromatic heterocycles. The van der Waals surface area contributed by atoms with E-state index in [4.69, 9.17) is 10.6 Å². The van der Waals surface area contributed by atoms with Crippen LogP contribution in [0.4, 0.5) is 16.3 Å². The number of anilines is 2. The molecule has 5 N–H and O–H groups in total. The molecule has 8 heteroatoms. The minimum absolute atomic E-state index is 0.317. The maximum atomic E-state index is 12.7. The summed E-state index contributed by atoms with van der Waals surface area (Å²) in [5.41, 5.74) is 11.3. The Morgan fingerprint density at radius 1 is 1.24 bits per heavy atom. The number of nitrogens with zero attached hydrogens (tertiary/aromatic N) is 1. The predicted octanol–water partition coefficient (Wildman–Crippen LogP) is 2.86. The molecule has 2 aromatic rings. The maximum absolute atomic E-state index is 12.7. The predicted molar refractivity (Wildman–Crippen MR) is 111 cm³/mol. The van der Waals surface area contributed by atoms with Crippen molar-refractivity contribution in [3.8, 4) is 0 Å². The van der Waals surface area contributed by atoms with Gasteiger partial charge in [-0.1, -0.05) is 18.9 Å². The molecule has 154 valence electrons. The largest absolute Gasteiger partial charge is 0.398 e. The number of benzene rings is 1. The number of urea groups is 1. The Labute approximate surface area is 170 Å². The van der Waals surface area contributed by atoms with Gasteiger partial charge in [-0.2, -0.15) is 0 Å². The minimum atomic E-state index is -0.353. The molecule has 0 aliphatic heterocycles. The highest BCUT2D eigenvalue weighted by atomic mass is 16.6. The van der Waals surface area contributed by atoms with Crippen molar-refractivity contribution in [3.63, 3.8) is 0 Å². The number of nitrogen functional groups attached to an aromatic ring is 1. The number of nitrogens with one attached hydrogen (secondary N) is 3. The molecule has 1 aliphatic carbocycles. The summed E-state index contributed by atoms with van der Waals surface area (Å²) in [5.74, 6) is 0.615. The van der Waals surface area contributed by atoms with Gasteiger partial charge < -0.3 is 11.1 Å². The van der Waals surface area contributed by atoms with Gasteiger partial charge in [-0.05, 0) is 54.2 Å². The van der Waals surface area contributed by atoms with Gasteiger partial charge in [0, 0.05) is 30.9 Å². The maximum Gasteiger partial charge on any atom is 0.320 e. The summed E-state index contributed by atoms with van der Waals surface area (Å²) in [6.45, 7) is 0.530. The molecule has 0 unspecified atom stereocenters. The first kappa shape index (κ1) is 20.6. The van der Waals surface area contributed by atoms with Gasteiger partial charge >= 0.3 is 6.03 Å². The molecule has 1 aromatic carbocycles. The van der Waals surface area contributed by atoms with Gasteiger partial charge in [0.2, 0.25) is 0 Å². The van der Waals surface area contributed by atoms with E-state index in [1.807, 2.05) is 6.07 Å². The van der Waals surface area contributed by atoms with Gasteiger partial charge in [-0.15, -0.1) is 0 Å². The van der Waals surface area contributed by atoms with Gasteiger partial charge in [-0.25, -0.2) is 15.3 Å². The van der Waals surface area contributed by atoms with Crippen LogP contribution in [0.25, 0.3) is 0 Å². The first-order valence-electron chi connectivity index (χ1n) is 9.80. The zero-order valence-corrected chi connectivity index (χ0v) is 16.5. The molecule has 0 bridgehead atoms. The highest BCUT2D eigenvalue weighted by molar-refractivity contribution is 5.96. The number of aromatic nitrogens is 1. The molecule has 1 fully saturated rings. The van der Waals surface area contributed by atoms with Crippen LogP contribution in [-0.2, 0) is 11.3 Å². The van der Waals surface area contributed by atoms with Crippen LogP contribution in [0.15, 0.2) is 36.5 Å². The minimum Gasteiger partial charge on any atom is -0.398 e. The summed E-state index contributed by atoms with van der Waals surface area (Å²) >= 11 is 0. The number of carbonyl (C=O) groups is 2. The second-order valence-corrected chi connectivity index (χ2v) is 7.20. The lowest BCUT2D eigenvalue weighted by Crippen LogP contribution is -2.27. The molecule has 0 spiro atoms. The molecule has 29 heavy (non-hydrogen) atoms. The molecular weight excluding hydrogens is 370 g/mol. The van der Waals surface area contributed by atoms with Gasteiger partial charge in [0.05, 0.1) is 6.61 Å².